The lowest BCUT2D eigenvalue weighted by atomic mass is 10.0. The Morgan fingerprint density at radius 2 is 1.79 bits per heavy atom. The van der Waals surface area contributed by atoms with E-state index >= 15 is 0 Å². The van der Waals surface area contributed by atoms with E-state index in [1.165, 1.54) is 6.07 Å². The maximum Gasteiger partial charge on any atom is 0.344 e. The molecule has 0 aliphatic heterocycles. The lowest BCUT2D eigenvalue weighted by Gasteiger charge is -2.06. The number of benzene rings is 2. The average molecular weight is 256 g/mol. The molecule has 94 valence electrons. The largest absolute Gasteiger partial charge is 0.508 e. The smallest absolute Gasteiger partial charge is 0.344 e. The second kappa shape index (κ2) is 3.84. The number of carboxylic acids is 1. The summed E-state index contributed by atoms with van der Waals surface area (Å²) in [5, 5.41) is 19.8. The van der Waals surface area contributed by atoms with Crippen LogP contribution in [0.5, 0.6) is 5.75 Å². The lowest BCUT2D eigenvalue weighted by Crippen LogP contribution is -2.03. The zero-order valence-electron chi connectivity index (χ0n) is 9.58. The summed E-state index contributed by atoms with van der Waals surface area (Å²) in [5.41, 5.74) is -0.610. The van der Waals surface area contributed by atoms with E-state index in [1.54, 1.807) is 24.3 Å². The molecule has 3 rings (SSSR count). The summed E-state index contributed by atoms with van der Waals surface area (Å²) in [6.07, 6.45) is 0. The molecule has 2 N–H and O–H groups in total. The van der Waals surface area contributed by atoms with Gasteiger partial charge in [-0.05, 0) is 12.1 Å². The SMILES string of the molecule is O=C(O)c1cc(O)cc2oc(=O)c3ccccc3c12. The van der Waals surface area contributed by atoms with Crippen LogP contribution in [-0.2, 0) is 0 Å². The average Bonchev–Trinajstić information content (AvgIpc) is 2.37. The van der Waals surface area contributed by atoms with Crippen LogP contribution in [0.2, 0.25) is 0 Å². The third-order valence-corrected chi connectivity index (χ3v) is 2.94. The first kappa shape index (κ1) is 11.3. The molecular formula is C14H8O5. The molecule has 5 heteroatoms. The first-order chi connectivity index (χ1) is 9.08. The van der Waals surface area contributed by atoms with Crippen molar-refractivity contribution in [1.82, 2.24) is 0 Å². The summed E-state index contributed by atoms with van der Waals surface area (Å²) in [5.74, 6) is -1.46. The van der Waals surface area contributed by atoms with Crippen LogP contribution in [0.25, 0.3) is 21.7 Å². The number of phenolic OH excluding ortho intramolecular Hbond substituents is 1. The molecule has 1 heterocycles. The van der Waals surface area contributed by atoms with Gasteiger partial charge in [0, 0.05) is 16.8 Å². The van der Waals surface area contributed by atoms with Crippen molar-refractivity contribution in [3.05, 3.63) is 52.4 Å². The van der Waals surface area contributed by atoms with Gasteiger partial charge >= 0.3 is 11.6 Å². The number of phenols is 1. The second-order valence-electron chi connectivity index (χ2n) is 4.11. The first-order valence-electron chi connectivity index (χ1n) is 5.50. The summed E-state index contributed by atoms with van der Waals surface area (Å²) >= 11 is 0. The van der Waals surface area contributed by atoms with Gasteiger partial charge in [-0.15, -0.1) is 0 Å². The number of aromatic hydroxyl groups is 1. The molecule has 0 saturated carbocycles. The Hall–Kier alpha value is -2.82. The zero-order valence-corrected chi connectivity index (χ0v) is 9.58. The zero-order chi connectivity index (χ0) is 13.6. The molecule has 19 heavy (non-hydrogen) atoms. The molecule has 2 aromatic carbocycles. The Balaban J connectivity index is 2.67. The van der Waals surface area contributed by atoms with Crippen LogP contribution in [0.1, 0.15) is 10.4 Å². The van der Waals surface area contributed by atoms with E-state index in [0.29, 0.717) is 16.2 Å². The van der Waals surface area contributed by atoms with Crippen molar-refractivity contribution in [3.8, 4) is 5.75 Å². The number of hydrogen-bond donors (Lipinski definition) is 2. The normalized spacial score (nSPS) is 10.9. The van der Waals surface area contributed by atoms with Gasteiger partial charge in [0.1, 0.15) is 11.3 Å². The summed E-state index contributed by atoms with van der Waals surface area (Å²) in [7, 11) is 0. The fourth-order valence-corrected chi connectivity index (χ4v) is 2.16. The van der Waals surface area contributed by atoms with Gasteiger partial charge in [-0.1, -0.05) is 18.2 Å². The van der Waals surface area contributed by atoms with Crippen molar-refractivity contribution >= 4 is 27.7 Å². The Kier molecular flexibility index (Phi) is 2.28. The van der Waals surface area contributed by atoms with Gasteiger partial charge in [-0.3, -0.25) is 0 Å². The second-order valence-corrected chi connectivity index (χ2v) is 4.11. The maximum atomic E-state index is 11.8. The van der Waals surface area contributed by atoms with Crippen LogP contribution >= 0.6 is 0 Å². The van der Waals surface area contributed by atoms with Gasteiger partial charge in [-0.25, -0.2) is 9.59 Å². The van der Waals surface area contributed by atoms with Gasteiger partial charge in [0.25, 0.3) is 0 Å². The summed E-state index contributed by atoms with van der Waals surface area (Å²) < 4.78 is 5.07. The van der Waals surface area contributed by atoms with Gasteiger partial charge in [0.05, 0.1) is 10.9 Å². The predicted molar refractivity (Wildman–Crippen MR) is 68.6 cm³/mol. The highest BCUT2D eigenvalue weighted by molar-refractivity contribution is 6.14. The fraction of sp³-hybridized carbons (Fsp3) is 0. The van der Waals surface area contributed by atoms with Crippen molar-refractivity contribution in [3.63, 3.8) is 0 Å². The highest BCUT2D eigenvalue weighted by Crippen LogP contribution is 2.29. The molecule has 3 aromatic rings. The lowest BCUT2D eigenvalue weighted by molar-refractivity contribution is 0.0698. The van der Waals surface area contributed by atoms with Crippen LogP contribution in [0.4, 0.5) is 0 Å². The number of carbonyl (C=O) groups is 1. The summed E-state index contributed by atoms with van der Waals surface area (Å²) in [6, 6.07) is 8.97. The fourth-order valence-electron chi connectivity index (χ4n) is 2.16. The van der Waals surface area contributed by atoms with Crippen LogP contribution < -0.4 is 5.63 Å². The molecule has 0 amide bonds. The number of aromatic carboxylic acids is 1. The van der Waals surface area contributed by atoms with Crippen molar-refractivity contribution in [2.75, 3.05) is 0 Å². The molecule has 1 aromatic heterocycles. The van der Waals surface area contributed by atoms with E-state index in [1.807, 2.05) is 0 Å². The molecule has 0 aliphatic rings. The highest BCUT2D eigenvalue weighted by Gasteiger charge is 2.16. The van der Waals surface area contributed by atoms with E-state index in [-0.39, 0.29) is 16.9 Å². The third-order valence-electron chi connectivity index (χ3n) is 2.94. The molecule has 0 unspecified atom stereocenters. The Labute approximate surface area is 106 Å². The Morgan fingerprint density at radius 1 is 1.11 bits per heavy atom. The van der Waals surface area contributed by atoms with Gasteiger partial charge < -0.3 is 14.6 Å². The molecule has 5 nitrogen and oxygen atoms in total. The molecule has 0 fully saturated rings. The monoisotopic (exact) mass is 256 g/mol. The summed E-state index contributed by atoms with van der Waals surface area (Å²) in [6.45, 7) is 0. The molecule has 0 bridgehead atoms. The van der Waals surface area contributed by atoms with E-state index in [2.05, 4.69) is 0 Å². The van der Waals surface area contributed by atoms with Gasteiger partial charge in [0.2, 0.25) is 0 Å². The van der Waals surface area contributed by atoms with Crippen molar-refractivity contribution in [1.29, 1.82) is 0 Å². The first-order valence-corrected chi connectivity index (χ1v) is 5.50. The minimum atomic E-state index is -1.19. The molecular weight excluding hydrogens is 248 g/mol. The van der Waals surface area contributed by atoms with E-state index in [4.69, 9.17) is 4.42 Å². The van der Waals surface area contributed by atoms with Crippen molar-refractivity contribution < 1.29 is 19.4 Å². The van der Waals surface area contributed by atoms with Crippen molar-refractivity contribution in [2.45, 2.75) is 0 Å². The molecule has 0 spiro atoms. The number of rotatable bonds is 1. The van der Waals surface area contributed by atoms with Gasteiger partial charge in [-0.2, -0.15) is 0 Å². The van der Waals surface area contributed by atoms with E-state index < -0.39 is 11.6 Å². The number of hydrogen-bond acceptors (Lipinski definition) is 4. The molecule has 0 aliphatic carbocycles. The Bertz CT molecular complexity index is 876. The Morgan fingerprint density at radius 3 is 2.47 bits per heavy atom. The minimum absolute atomic E-state index is 0.0566. The minimum Gasteiger partial charge on any atom is -0.508 e. The van der Waals surface area contributed by atoms with Gasteiger partial charge in [0.15, 0.2) is 0 Å². The van der Waals surface area contributed by atoms with Crippen LogP contribution in [-0.4, -0.2) is 16.2 Å². The number of carboxylic acid groups (broad SMARTS) is 1. The highest BCUT2D eigenvalue weighted by atomic mass is 16.4. The van der Waals surface area contributed by atoms with Crippen LogP contribution in [0, 0.1) is 0 Å². The van der Waals surface area contributed by atoms with Crippen molar-refractivity contribution in [2.24, 2.45) is 0 Å². The molecule has 0 saturated heterocycles. The topological polar surface area (TPSA) is 87.7 Å². The van der Waals surface area contributed by atoms with E-state index in [0.717, 1.165) is 6.07 Å². The molecule has 0 radical (unpaired) electrons. The van der Waals surface area contributed by atoms with Crippen LogP contribution in [0.3, 0.4) is 0 Å². The summed E-state index contributed by atoms with van der Waals surface area (Å²) in [4.78, 5) is 23.1. The standard InChI is InChI=1S/C14H8O5/c15-7-5-10(13(16)17)12-8-3-1-2-4-9(8)14(18)19-11(12)6-7/h1-6,15H,(H,16,17). The third kappa shape index (κ3) is 1.63. The number of fused-ring (bicyclic) bond motifs is 3. The van der Waals surface area contributed by atoms with E-state index in [9.17, 15) is 19.8 Å². The predicted octanol–water partition coefficient (Wildman–Crippen LogP) is 2.35. The quantitative estimate of drug-likeness (QED) is 0.515. The maximum absolute atomic E-state index is 11.8. The van der Waals surface area contributed by atoms with Crippen LogP contribution in [0.15, 0.2) is 45.6 Å². The molecule has 0 atom stereocenters.